The van der Waals surface area contributed by atoms with Gasteiger partial charge in [0.05, 0.1) is 11.5 Å². The molecule has 1 atom stereocenters. The maximum absolute atomic E-state index is 12.8. The third kappa shape index (κ3) is 4.90. The van der Waals surface area contributed by atoms with Gasteiger partial charge < -0.3 is 14.5 Å². The number of ether oxygens (including phenoxy) is 1. The van der Waals surface area contributed by atoms with Crippen LogP contribution in [0.3, 0.4) is 0 Å². The highest BCUT2D eigenvalue weighted by Crippen LogP contribution is 2.31. The lowest BCUT2D eigenvalue weighted by molar-refractivity contribution is 0.0734. The minimum Gasteiger partial charge on any atom is -0.493 e. The van der Waals surface area contributed by atoms with Gasteiger partial charge in [-0.25, -0.2) is 0 Å². The second-order valence-electron chi connectivity index (χ2n) is 7.87. The summed E-state index contributed by atoms with van der Waals surface area (Å²) in [7, 11) is 2.18. The number of carbonyl (C=O) groups excluding carboxylic acids is 1. The molecule has 1 aliphatic carbocycles. The number of likely N-dealkylation sites (tertiary alicyclic amines) is 1. The van der Waals surface area contributed by atoms with Crippen LogP contribution in [0.25, 0.3) is 0 Å². The largest absolute Gasteiger partial charge is 0.493 e. The van der Waals surface area contributed by atoms with Crippen LogP contribution in [0.15, 0.2) is 41.8 Å². The Labute approximate surface area is 165 Å². The SMILES string of the molecule is CN1CCC[C@H](COc2cccc(CN(C(=O)c3cccs3)C3CC3)c2)C1. The minimum atomic E-state index is 0.157. The molecular formula is C22H28N2O2S. The van der Waals surface area contributed by atoms with Gasteiger partial charge in [0.25, 0.3) is 5.91 Å². The van der Waals surface area contributed by atoms with Gasteiger partial charge in [-0.15, -0.1) is 11.3 Å². The second kappa shape index (κ2) is 8.44. The van der Waals surface area contributed by atoms with Crippen LogP contribution in [0, 0.1) is 5.92 Å². The molecule has 2 heterocycles. The molecule has 1 amide bonds. The van der Waals surface area contributed by atoms with Gasteiger partial charge in [0.15, 0.2) is 0 Å². The van der Waals surface area contributed by atoms with E-state index in [-0.39, 0.29) is 5.91 Å². The summed E-state index contributed by atoms with van der Waals surface area (Å²) in [6, 6.07) is 12.5. The standard InChI is InChI=1S/C22H28N2O2S/c1-23-11-3-6-18(14-23)16-26-20-7-2-5-17(13-20)15-24(19-9-10-19)22(25)21-8-4-12-27-21/h2,4-5,7-8,12-13,18-19H,3,6,9-11,14-16H2,1H3/t18-/m0/s1. The molecule has 2 aromatic rings. The number of rotatable bonds is 7. The van der Waals surface area contributed by atoms with E-state index in [9.17, 15) is 4.79 Å². The van der Waals surface area contributed by atoms with E-state index in [2.05, 4.69) is 24.1 Å². The van der Waals surface area contributed by atoms with Crippen molar-refractivity contribution in [1.82, 2.24) is 9.80 Å². The summed E-state index contributed by atoms with van der Waals surface area (Å²) in [6.07, 6.45) is 4.73. The Hall–Kier alpha value is -1.85. The third-order valence-electron chi connectivity index (χ3n) is 5.44. The number of thiophene rings is 1. The van der Waals surface area contributed by atoms with Gasteiger partial charge in [-0.2, -0.15) is 0 Å². The summed E-state index contributed by atoms with van der Waals surface area (Å²) < 4.78 is 6.10. The first-order chi connectivity index (χ1) is 13.2. The highest BCUT2D eigenvalue weighted by Gasteiger charge is 2.33. The zero-order valence-electron chi connectivity index (χ0n) is 16.0. The molecular weight excluding hydrogens is 356 g/mol. The number of hydrogen-bond acceptors (Lipinski definition) is 4. The van der Waals surface area contributed by atoms with Crippen molar-refractivity contribution in [2.24, 2.45) is 5.92 Å². The van der Waals surface area contributed by atoms with Gasteiger partial charge in [0, 0.05) is 25.0 Å². The molecule has 4 nitrogen and oxygen atoms in total. The summed E-state index contributed by atoms with van der Waals surface area (Å²) in [6.45, 7) is 3.74. The van der Waals surface area contributed by atoms with E-state index < -0.39 is 0 Å². The highest BCUT2D eigenvalue weighted by atomic mass is 32.1. The fourth-order valence-electron chi connectivity index (χ4n) is 3.85. The van der Waals surface area contributed by atoms with Crippen LogP contribution in [0.2, 0.25) is 0 Å². The Balaban J connectivity index is 1.38. The lowest BCUT2D eigenvalue weighted by atomic mass is 9.99. The number of piperidine rings is 1. The Morgan fingerprint density at radius 2 is 2.15 bits per heavy atom. The van der Waals surface area contributed by atoms with Crippen LogP contribution in [0.5, 0.6) is 5.75 Å². The molecule has 0 radical (unpaired) electrons. The first kappa shape index (κ1) is 18.5. The average Bonchev–Trinajstić information content (AvgIpc) is 3.37. The molecule has 0 spiro atoms. The summed E-state index contributed by atoms with van der Waals surface area (Å²) >= 11 is 1.52. The van der Waals surface area contributed by atoms with Crippen molar-refractivity contribution in [2.75, 3.05) is 26.7 Å². The fraction of sp³-hybridized carbons (Fsp3) is 0.500. The van der Waals surface area contributed by atoms with Gasteiger partial charge in [-0.1, -0.05) is 18.2 Å². The molecule has 5 heteroatoms. The molecule has 1 aliphatic heterocycles. The van der Waals surface area contributed by atoms with Crippen molar-refractivity contribution in [3.63, 3.8) is 0 Å². The number of amides is 1. The quantitative estimate of drug-likeness (QED) is 0.714. The first-order valence-electron chi connectivity index (χ1n) is 9.94. The zero-order valence-corrected chi connectivity index (χ0v) is 16.8. The van der Waals surface area contributed by atoms with E-state index in [1.807, 2.05) is 34.5 Å². The fourth-order valence-corrected chi connectivity index (χ4v) is 4.53. The number of nitrogens with zero attached hydrogens (tertiary/aromatic N) is 2. The molecule has 2 fully saturated rings. The summed E-state index contributed by atoms with van der Waals surface area (Å²) in [4.78, 5) is 18.1. The van der Waals surface area contributed by atoms with Crippen molar-refractivity contribution in [2.45, 2.75) is 38.3 Å². The van der Waals surface area contributed by atoms with E-state index >= 15 is 0 Å². The Morgan fingerprint density at radius 3 is 2.89 bits per heavy atom. The molecule has 4 rings (SSSR count). The van der Waals surface area contributed by atoms with E-state index in [0.717, 1.165) is 42.2 Å². The molecule has 1 aromatic heterocycles. The molecule has 1 saturated heterocycles. The van der Waals surface area contributed by atoms with E-state index in [1.54, 1.807) is 0 Å². The molecule has 0 unspecified atom stereocenters. The van der Waals surface area contributed by atoms with Gasteiger partial charge in [0.2, 0.25) is 0 Å². The topological polar surface area (TPSA) is 32.8 Å². The second-order valence-corrected chi connectivity index (χ2v) is 8.82. The Morgan fingerprint density at radius 1 is 1.26 bits per heavy atom. The van der Waals surface area contributed by atoms with Gasteiger partial charge in [-0.3, -0.25) is 4.79 Å². The first-order valence-corrected chi connectivity index (χ1v) is 10.8. The molecule has 144 valence electrons. The van der Waals surface area contributed by atoms with Crippen LogP contribution < -0.4 is 4.74 Å². The maximum atomic E-state index is 12.8. The summed E-state index contributed by atoms with van der Waals surface area (Å²) in [5.74, 6) is 1.68. The van der Waals surface area contributed by atoms with Crippen molar-refractivity contribution in [3.05, 3.63) is 52.2 Å². The molecule has 0 N–H and O–H groups in total. The van der Waals surface area contributed by atoms with Crippen molar-refractivity contribution >= 4 is 17.2 Å². The summed E-state index contributed by atoms with van der Waals surface area (Å²) in [5.41, 5.74) is 1.14. The van der Waals surface area contributed by atoms with E-state index in [0.29, 0.717) is 18.5 Å². The van der Waals surface area contributed by atoms with Crippen LogP contribution >= 0.6 is 11.3 Å². The number of benzene rings is 1. The predicted octanol–water partition coefficient (Wildman–Crippen LogP) is 4.27. The normalized spacial score (nSPS) is 20.4. The van der Waals surface area contributed by atoms with Crippen molar-refractivity contribution in [3.8, 4) is 5.75 Å². The van der Waals surface area contributed by atoms with Crippen LogP contribution in [0.1, 0.15) is 40.9 Å². The summed E-state index contributed by atoms with van der Waals surface area (Å²) in [5, 5.41) is 1.97. The molecule has 1 saturated carbocycles. The number of carbonyl (C=O) groups is 1. The molecule has 2 aliphatic rings. The average molecular weight is 385 g/mol. The van der Waals surface area contributed by atoms with Gasteiger partial charge in [0.1, 0.15) is 5.75 Å². The smallest absolute Gasteiger partial charge is 0.264 e. The van der Waals surface area contributed by atoms with Crippen LogP contribution in [-0.4, -0.2) is 48.5 Å². The van der Waals surface area contributed by atoms with Crippen molar-refractivity contribution < 1.29 is 9.53 Å². The maximum Gasteiger partial charge on any atom is 0.264 e. The molecule has 27 heavy (non-hydrogen) atoms. The Bertz CT molecular complexity index is 757. The van der Waals surface area contributed by atoms with Gasteiger partial charge >= 0.3 is 0 Å². The number of hydrogen-bond donors (Lipinski definition) is 0. The van der Waals surface area contributed by atoms with E-state index in [4.69, 9.17) is 4.74 Å². The molecule has 0 bridgehead atoms. The lowest BCUT2D eigenvalue weighted by Gasteiger charge is -2.29. The zero-order chi connectivity index (χ0) is 18.6. The van der Waals surface area contributed by atoms with E-state index in [1.165, 1.54) is 30.7 Å². The van der Waals surface area contributed by atoms with Gasteiger partial charge in [-0.05, 0) is 68.4 Å². The monoisotopic (exact) mass is 384 g/mol. The Kier molecular flexibility index (Phi) is 5.79. The lowest BCUT2D eigenvalue weighted by Crippen LogP contribution is -2.34. The van der Waals surface area contributed by atoms with Crippen LogP contribution in [0.4, 0.5) is 0 Å². The minimum absolute atomic E-state index is 0.157. The van der Waals surface area contributed by atoms with Crippen LogP contribution in [-0.2, 0) is 6.54 Å². The highest BCUT2D eigenvalue weighted by molar-refractivity contribution is 7.12. The molecule has 1 aromatic carbocycles. The third-order valence-corrected chi connectivity index (χ3v) is 6.30. The predicted molar refractivity (Wildman–Crippen MR) is 109 cm³/mol. The van der Waals surface area contributed by atoms with Crippen molar-refractivity contribution in [1.29, 1.82) is 0 Å².